The summed E-state index contributed by atoms with van der Waals surface area (Å²) in [6.07, 6.45) is 0. The fraction of sp³-hybridized carbons (Fsp3) is 0. The third-order valence-electron chi connectivity index (χ3n) is 11.1. The first-order valence-electron chi connectivity index (χ1n) is 18.6. The summed E-state index contributed by atoms with van der Waals surface area (Å²) in [4.78, 5) is 2.47. The van der Waals surface area contributed by atoms with E-state index in [4.69, 9.17) is 0 Å². The summed E-state index contributed by atoms with van der Waals surface area (Å²) in [6, 6.07) is 75.4. The fourth-order valence-corrected chi connectivity index (χ4v) is 8.69. The van der Waals surface area contributed by atoms with Gasteiger partial charge in [-0.15, -0.1) is 0 Å². The molecule has 2 heteroatoms. The minimum atomic E-state index is 1.11. The predicted octanol–water partition coefficient (Wildman–Crippen LogP) is 14.5. The molecule has 2 nitrogen and oxygen atoms in total. The van der Waals surface area contributed by atoms with E-state index in [9.17, 15) is 0 Å². The molecule has 1 heterocycles. The number of anilines is 3. The van der Waals surface area contributed by atoms with Crippen molar-refractivity contribution in [2.75, 3.05) is 4.90 Å². The van der Waals surface area contributed by atoms with Gasteiger partial charge in [-0.2, -0.15) is 0 Å². The van der Waals surface area contributed by atoms with Crippen molar-refractivity contribution in [2.45, 2.75) is 0 Å². The first-order chi connectivity index (χ1) is 26.8. The summed E-state index contributed by atoms with van der Waals surface area (Å²) in [5, 5.41) is 12.4. The van der Waals surface area contributed by atoms with Crippen molar-refractivity contribution in [2.24, 2.45) is 0 Å². The molecule has 11 aromatic rings. The second-order valence-corrected chi connectivity index (χ2v) is 14.1. The standard InChI is InChI=1S/C52H34N2/c1-2-21-40(22-3-1)53-49-30-14-28-44(52(49)47-32-36-16-4-5-17-37(36)33-51(47)53)38-20-12-23-41(31-38)54(48-29-13-19-35-15-6-9-25-43(35)48)50-34-39-18-7-8-24-42(39)45-26-10-11-27-46(45)50/h1-34H. The van der Waals surface area contributed by atoms with Gasteiger partial charge in [-0.3, -0.25) is 0 Å². The molecule has 0 aliphatic heterocycles. The topological polar surface area (TPSA) is 8.17 Å². The van der Waals surface area contributed by atoms with Crippen molar-refractivity contribution < 1.29 is 0 Å². The van der Waals surface area contributed by atoms with Gasteiger partial charge in [-0.05, 0) is 98.0 Å². The van der Waals surface area contributed by atoms with E-state index in [0.717, 1.165) is 22.7 Å². The van der Waals surface area contributed by atoms with Crippen LogP contribution in [0.3, 0.4) is 0 Å². The molecule has 0 aliphatic carbocycles. The predicted molar refractivity (Wildman–Crippen MR) is 231 cm³/mol. The minimum absolute atomic E-state index is 1.11. The van der Waals surface area contributed by atoms with Crippen molar-refractivity contribution in [3.05, 3.63) is 206 Å². The first kappa shape index (κ1) is 30.5. The Labute approximate surface area is 313 Å². The molecule has 11 rings (SSSR count). The summed E-state index contributed by atoms with van der Waals surface area (Å²) >= 11 is 0. The molecule has 0 fully saturated rings. The highest BCUT2D eigenvalue weighted by molar-refractivity contribution is 6.19. The lowest BCUT2D eigenvalue weighted by molar-refractivity contribution is 1.18. The van der Waals surface area contributed by atoms with Crippen LogP contribution >= 0.6 is 0 Å². The smallest absolute Gasteiger partial charge is 0.0547 e. The van der Waals surface area contributed by atoms with Gasteiger partial charge in [-0.25, -0.2) is 0 Å². The Morgan fingerprint density at radius 1 is 0.333 bits per heavy atom. The normalized spacial score (nSPS) is 11.7. The van der Waals surface area contributed by atoms with Crippen LogP contribution in [0.15, 0.2) is 206 Å². The van der Waals surface area contributed by atoms with Crippen LogP contribution in [0.25, 0.3) is 81.7 Å². The average Bonchev–Trinajstić information content (AvgIpc) is 3.56. The van der Waals surface area contributed by atoms with Crippen LogP contribution in [-0.2, 0) is 0 Å². The summed E-state index contributed by atoms with van der Waals surface area (Å²) in [5.41, 5.74) is 9.36. The molecule has 0 atom stereocenters. The summed E-state index contributed by atoms with van der Waals surface area (Å²) < 4.78 is 2.42. The first-order valence-corrected chi connectivity index (χ1v) is 18.6. The summed E-state index contributed by atoms with van der Waals surface area (Å²) in [7, 11) is 0. The third kappa shape index (κ3) is 4.74. The maximum absolute atomic E-state index is 2.47. The van der Waals surface area contributed by atoms with Crippen molar-refractivity contribution in [1.29, 1.82) is 0 Å². The molecular formula is C52H34N2. The van der Waals surface area contributed by atoms with Gasteiger partial charge in [0.25, 0.3) is 0 Å². The largest absolute Gasteiger partial charge is 0.309 e. The number of hydrogen-bond acceptors (Lipinski definition) is 1. The van der Waals surface area contributed by atoms with Gasteiger partial charge in [0.05, 0.1) is 22.4 Å². The Balaban J connectivity index is 1.20. The van der Waals surface area contributed by atoms with Gasteiger partial charge >= 0.3 is 0 Å². The highest BCUT2D eigenvalue weighted by Crippen LogP contribution is 2.46. The molecule has 0 bridgehead atoms. The Morgan fingerprint density at radius 2 is 0.963 bits per heavy atom. The number of hydrogen-bond donors (Lipinski definition) is 0. The molecule has 252 valence electrons. The summed E-state index contributed by atoms with van der Waals surface area (Å²) in [5.74, 6) is 0. The molecule has 0 aliphatic rings. The molecule has 0 saturated carbocycles. The lowest BCUT2D eigenvalue weighted by atomic mass is 9.96. The molecule has 0 radical (unpaired) electrons. The van der Waals surface area contributed by atoms with Crippen LogP contribution in [-0.4, -0.2) is 4.57 Å². The van der Waals surface area contributed by atoms with E-state index in [0.29, 0.717) is 0 Å². The number of para-hydroxylation sites is 1. The SMILES string of the molecule is c1ccc(-n2c3cc4ccccc4cc3c3c(-c4cccc(N(c5cccc6ccccc56)c5cc6ccccc6c6ccccc56)c4)cccc32)cc1. The molecule has 0 unspecified atom stereocenters. The Hall–Kier alpha value is -7.16. The Kier molecular flexibility index (Phi) is 6.90. The van der Waals surface area contributed by atoms with E-state index >= 15 is 0 Å². The zero-order valence-corrected chi connectivity index (χ0v) is 29.5. The Bertz CT molecular complexity index is 3220. The third-order valence-corrected chi connectivity index (χ3v) is 11.1. The number of nitrogens with zero attached hydrogens (tertiary/aromatic N) is 2. The van der Waals surface area contributed by atoms with Crippen molar-refractivity contribution in [3.63, 3.8) is 0 Å². The monoisotopic (exact) mass is 686 g/mol. The molecule has 0 spiro atoms. The second-order valence-electron chi connectivity index (χ2n) is 14.1. The highest BCUT2D eigenvalue weighted by Gasteiger charge is 2.21. The van der Waals surface area contributed by atoms with E-state index in [1.54, 1.807) is 0 Å². The van der Waals surface area contributed by atoms with E-state index in [-0.39, 0.29) is 0 Å². The van der Waals surface area contributed by atoms with Gasteiger partial charge in [0.1, 0.15) is 0 Å². The van der Waals surface area contributed by atoms with Crippen LogP contribution in [0.5, 0.6) is 0 Å². The number of aromatic nitrogens is 1. The number of fused-ring (bicyclic) bond motifs is 8. The number of benzene rings is 10. The molecule has 1 aromatic heterocycles. The van der Waals surface area contributed by atoms with E-state index in [1.807, 2.05) is 0 Å². The van der Waals surface area contributed by atoms with Crippen LogP contribution in [0.4, 0.5) is 17.1 Å². The maximum atomic E-state index is 2.47. The highest BCUT2D eigenvalue weighted by atomic mass is 15.1. The van der Waals surface area contributed by atoms with E-state index in [2.05, 4.69) is 216 Å². The van der Waals surface area contributed by atoms with Gasteiger partial charge in [0.15, 0.2) is 0 Å². The Morgan fingerprint density at radius 3 is 1.80 bits per heavy atom. The second kappa shape index (κ2) is 12.2. The van der Waals surface area contributed by atoms with Crippen LogP contribution in [0.1, 0.15) is 0 Å². The van der Waals surface area contributed by atoms with Gasteiger partial charge < -0.3 is 9.47 Å². The average molecular weight is 687 g/mol. The molecule has 0 N–H and O–H groups in total. The molecular weight excluding hydrogens is 653 g/mol. The van der Waals surface area contributed by atoms with Gasteiger partial charge in [0.2, 0.25) is 0 Å². The van der Waals surface area contributed by atoms with Crippen molar-refractivity contribution in [1.82, 2.24) is 4.57 Å². The van der Waals surface area contributed by atoms with Crippen LogP contribution in [0, 0.1) is 0 Å². The quantitative estimate of drug-likeness (QED) is 0.164. The van der Waals surface area contributed by atoms with Crippen molar-refractivity contribution in [3.8, 4) is 16.8 Å². The van der Waals surface area contributed by atoms with E-state index in [1.165, 1.54) is 76.0 Å². The molecule has 54 heavy (non-hydrogen) atoms. The lowest BCUT2D eigenvalue weighted by Crippen LogP contribution is -2.11. The zero-order valence-electron chi connectivity index (χ0n) is 29.5. The van der Waals surface area contributed by atoms with Crippen molar-refractivity contribution >= 4 is 82.0 Å². The van der Waals surface area contributed by atoms with Crippen LogP contribution < -0.4 is 4.90 Å². The molecule has 10 aromatic carbocycles. The van der Waals surface area contributed by atoms with E-state index < -0.39 is 0 Å². The van der Waals surface area contributed by atoms with Crippen LogP contribution in [0.2, 0.25) is 0 Å². The van der Waals surface area contributed by atoms with Gasteiger partial charge in [0, 0.05) is 32.9 Å². The fourth-order valence-electron chi connectivity index (χ4n) is 8.69. The zero-order chi connectivity index (χ0) is 35.6. The lowest BCUT2D eigenvalue weighted by Gasteiger charge is -2.29. The summed E-state index contributed by atoms with van der Waals surface area (Å²) in [6.45, 7) is 0. The molecule has 0 amide bonds. The number of rotatable bonds is 5. The minimum Gasteiger partial charge on any atom is -0.309 e. The maximum Gasteiger partial charge on any atom is 0.0547 e. The molecule has 0 saturated heterocycles. The van der Waals surface area contributed by atoms with Gasteiger partial charge in [-0.1, -0.05) is 152 Å².